The van der Waals surface area contributed by atoms with Crippen molar-refractivity contribution in [1.29, 1.82) is 0 Å². The molecule has 0 aliphatic carbocycles. The number of sulfonamides is 1. The van der Waals surface area contributed by atoms with E-state index in [-0.39, 0.29) is 29.5 Å². The Hall–Kier alpha value is -2.91. The molecular formula is C20H23N3O5S. The summed E-state index contributed by atoms with van der Waals surface area (Å²) in [5.74, 6) is 0.189. The summed E-state index contributed by atoms with van der Waals surface area (Å²) in [7, 11) is -2.20. The summed E-state index contributed by atoms with van der Waals surface area (Å²) in [5, 5.41) is 2.74. The van der Waals surface area contributed by atoms with E-state index in [1.165, 1.54) is 23.4 Å². The number of amides is 2. The number of nitrogens with zero attached hydrogens (tertiary/aromatic N) is 2. The Bertz CT molecular complexity index is 997. The summed E-state index contributed by atoms with van der Waals surface area (Å²) < 4.78 is 32.3. The number of rotatable bonds is 5. The van der Waals surface area contributed by atoms with Crippen molar-refractivity contribution in [3.05, 3.63) is 54.1 Å². The number of hydrogen-bond donors (Lipinski definition) is 1. The summed E-state index contributed by atoms with van der Waals surface area (Å²) >= 11 is 0. The number of methoxy groups -OCH3 is 1. The van der Waals surface area contributed by atoms with Crippen LogP contribution < -0.4 is 10.1 Å². The fourth-order valence-corrected chi connectivity index (χ4v) is 4.54. The highest BCUT2D eigenvalue weighted by molar-refractivity contribution is 7.89. The van der Waals surface area contributed by atoms with Gasteiger partial charge in [-0.2, -0.15) is 4.31 Å². The maximum Gasteiger partial charge on any atom is 0.255 e. The number of anilines is 1. The van der Waals surface area contributed by atoms with Crippen molar-refractivity contribution in [2.24, 2.45) is 0 Å². The van der Waals surface area contributed by atoms with Gasteiger partial charge in [0.05, 0.1) is 12.0 Å². The summed E-state index contributed by atoms with van der Waals surface area (Å²) in [6, 6.07) is 12.8. The standard InChI is InChI=1S/C20H23N3O5S/c1-15(24)22-10-12-23(13-11-22)29(26,27)19-5-3-4-16(14-19)20(25)21-17-6-8-18(28-2)9-7-17/h3-9,14H,10-13H2,1-2H3,(H,21,25). The monoisotopic (exact) mass is 417 g/mol. The first-order valence-electron chi connectivity index (χ1n) is 9.12. The summed E-state index contributed by atoms with van der Waals surface area (Å²) in [6.45, 7) is 2.63. The van der Waals surface area contributed by atoms with Crippen molar-refractivity contribution in [1.82, 2.24) is 9.21 Å². The largest absolute Gasteiger partial charge is 0.497 e. The molecule has 0 unspecified atom stereocenters. The lowest BCUT2D eigenvalue weighted by Gasteiger charge is -2.33. The van der Waals surface area contributed by atoms with Crippen LogP contribution in [0.4, 0.5) is 5.69 Å². The van der Waals surface area contributed by atoms with Crippen LogP contribution >= 0.6 is 0 Å². The molecular weight excluding hydrogens is 394 g/mol. The number of carbonyl (C=O) groups excluding carboxylic acids is 2. The van der Waals surface area contributed by atoms with Crippen molar-refractivity contribution < 1.29 is 22.7 Å². The van der Waals surface area contributed by atoms with Gasteiger partial charge in [0.25, 0.3) is 5.91 Å². The molecule has 2 aromatic rings. The van der Waals surface area contributed by atoms with Crippen LogP contribution in [-0.4, -0.2) is 62.7 Å². The average molecular weight is 417 g/mol. The molecule has 0 aromatic heterocycles. The van der Waals surface area contributed by atoms with Gasteiger partial charge in [-0.15, -0.1) is 0 Å². The van der Waals surface area contributed by atoms with Crippen LogP contribution in [-0.2, 0) is 14.8 Å². The molecule has 1 aliphatic rings. The first-order chi connectivity index (χ1) is 13.8. The third kappa shape index (κ3) is 4.75. The molecule has 9 heteroatoms. The van der Waals surface area contributed by atoms with Crippen molar-refractivity contribution in [2.75, 3.05) is 38.6 Å². The Labute approximate surface area is 170 Å². The number of piperazine rings is 1. The van der Waals surface area contributed by atoms with Crippen LogP contribution in [0.1, 0.15) is 17.3 Å². The number of hydrogen-bond acceptors (Lipinski definition) is 5. The molecule has 0 atom stereocenters. The Morgan fingerprint density at radius 3 is 2.24 bits per heavy atom. The molecule has 1 fully saturated rings. The Kier molecular flexibility index (Phi) is 6.19. The normalized spacial score (nSPS) is 15.0. The van der Waals surface area contributed by atoms with E-state index in [4.69, 9.17) is 4.74 Å². The topological polar surface area (TPSA) is 96.0 Å². The van der Waals surface area contributed by atoms with Crippen molar-refractivity contribution in [3.63, 3.8) is 0 Å². The van der Waals surface area contributed by atoms with Crippen LogP contribution in [0, 0.1) is 0 Å². The first-order valence-corrected chi connectivity index (χ1v) is 10.6. The van der Waals surface area contributed by atoms with Gasteiger partial charge in [0, 0.05) is 44.4 Å². The second-order valence-corrected chi connectivity index (χ2v) is 8.56. The van der Waals surface area contributed by atoms with E-state index in [0.29, 0.717) is 24.5 Å². The van der Waals surface area contributed by atoms with Gasteiger partial charge >= 0.3 is 0 Å². The van der Waals surface area contributed by atoms with E-state index < -0.39 is 15.9 Å². The van der Waals surface area contributed by atoms with Crippen LogP contribution in [0.15, 0.2) is 53.4 Å². The van der Waals surface area contributed by atoms with Gasteiger partial charge in [-0.3, -0.25) is 9.59 Å². The molecule has 2 amide bonds. The predicted molar refractivity (Wildman–Crippen MR) is 108 cm³/mol. The molecule has 3 rings (SSSR count). The molecule has 0 saturated carbocycles. The zero-order valence-electron chi connectivity index (χ0n) is 16.3. The third-order valence-electron chi connectivity index (χ3n) is 4.77. The second-order valence-electron chi connectivity index (χ2n) is 6.62. The average Bonchev–Trinajstić information content (AvgIpc) is 2.74. The molecule has 0 bridgehead atoms. The zero-order chi connectivity index (χ0) is 21.0. The lowest BCUT2D eigenvalue weighted by molar-refractivity contribution is -0.129. The SMILES string of the molecule is COc1ccc(NC(=O)c2cccc(S(=O)(=O)N3CCN(C(C)=O)CC3)c2)cc1. The van der Waals surface area contributed by atoms with E-state index in [2.05, 4.69) is 5.32 Å². The second kappa shape index (κ2) is 8.62. The van der Waals surface area contributed by atoms with Crippen LogP contribution in [0.25, 0.3) is 0 Å². The highest BCUT2D eigenvalue weighted by Gasteiger charge is 2.29. The van der Waals surface area contributed by atoms with E-state index in [9.17, 15) is 18.0 Å². The Morgan fingerprint density at radius 1 is 1.00 bits per heavy atom. The zero-order valence-corrected chi connectivity index (χ0v) is 17.1. The minimum Gasteiger partial charge on any atom is -0.497 e. The van der Waals surface area contributed by atoms with Gasteiger partial charge in [-0.1, -0.05) is 6.07 Å². The molecule has 1 saturated heterocycles. The molecule has 0 spiro atoms. The fraction of sp³-hybridized carbons (Fsp3) is 0.300. The molecule has 1 aliphatic heterocycles. The Balaban J connectivity index is 1.74. The maximum absolute atomic E-state index is 12.9. The van der Waals surface area contributed by atoms with E-state index in [1.807, 2.05) is 0 Å². The minimum atomic E-state index is -3.75. The van der Waals surface area contributed by atoms with Crippen molar-refractivity contribution in [3.8, 4) is 5.75 Å². The van der Waals surface area contributed by atoms with E-state index in [1.54, 1.807) is 48.4 Å². The van der Waals surface area contributed by atoms with Gasteiger partial charge in [-0.05, 0) is 42.5 Å². The molecule has 154 valence electrons. The van der Waals surface area contributed by atoms with Gasteiger partial charge in [0.2, 0.25) is 15.9 Å². The van der Waals surface area contributed by atoms with Crippen molar-refractivity contribution in [2.45, 2.75) is 11.8 Å². The van der Waals surface area contributed by atoms with Gasteiger partial charge in [-0.25, -0.2) is 8.42 Å². The predicted octanol–water partition coefficient (Wildman–Crippen LogP) is 1.80. The molecule has 0 radical (unpaired) electrons. The minimum absolute atomic E-state index is 0.0520. The van der Waals surface area contributed by atoms with E-state index >= 15 is 0 Å². The quantitative estimate of drug-likeness (QED) is 0.800. The third-order valence-corrected chi connectivity index (χ3v) is 6.66. The molecule has 2 aromatic carbocycles. The lowest BCUT2D eigenvalue weighted by Crippen LogP contribution is -2.49. The van der Waals surface area contributed by atoms with Crippen molar-refractivity contribution >= 4 is 27.5 Å². The number of ether oxygens (including phenoxy) is 1. The fourth-order valence-electron chi connectivity index (χ4n) is 3.07. The van der Waals surface area contributed by atoms with Gasteiger partial charge in [0.15, 0.2) is 0 Å². The van der Waals surface area contributed by atoms with Gasteiger partial charge in [0.1, 0.15) is 5.75 Å². The Morgan fingerprint density at radius 2 is 1.66 bits per heavy atom. The van der Waals surface area contributed by atoms with E-state index in [0.717, 1.165) is 0 Å². The summed E-state index contributed by atoms with van der Waals surface area (Å²) in [6.07, 6.45) is 0. The van der Waals surface area contributed by atoms with Gasteiger partial charge < -0.3 is 15.0 Å². The highest BCUT2D eigenvalue weighted by atomic mass is 32.2. The molecule has 29 heavy (non-hydrogen) atoms. The van der Waals surface area contributed by atoms with Crippen LogP contribution in [0.3, 0.4) is 0 Å². The summed E-state index contributed by atoms with van der Waals surface area (Å²) in [5.41, 5.74) is 0.814. The number of carbonyl (C=O) groups is 2. The number of nitrogens with one attached hydrogen (secondary N) is 1. The molecule has 1 heterocycles. The highest BCUT2D eigenvalue weighted by Crippen LogP contribution is 2.20. The molecule has 8 nitrogen and oxygen atoms in total. The smallest absolute Gasteiger partial charge is 0.255 e. The first kappa shape index (κ1) is 20.8. The maximum atomic E-state index is 12.9. The molecule has 1 N–H and O–H groups in total. The summed E-state index contributed by atoms with van der Waals surface area (Å²) in [4.78, 5) is 25.7. The lowest BCUT2D eigenvalue weighted by atomic mass is 10.2. The number of benzene rings is 2. The van der Waals surface area contributed by atoms with Crippen LogP contribution in [0.5, 0.6) is 5.75 Å². The van der Waals surface area contributed by atoms with Crippen LogP contribution in [0.2, 0.25) is 0 Å².